The van der Waals surface area contributed by atoms with E-state index in [1.54, 1.807) is 7.11 Å². The first kappa shape index (κ1) is 17.2. The Morgan fingerprint density at radius 3 is 2.79 bits per heavy atom. The molecule has 2 aliphatic rings. The lowest BCUT2D eigenvalue weighted by Gasteiger charge is -2.34. The molecule has 2 fully saturated rings. The number of oxazole rings is 1. The molecular weight excluding hydrogens is 330 g/mol. The predicted octanol–water partition coefficient (Wildman–Crippen LogP) is 2.83. The van der Waals surface area contributed by atoms with Gasteiger partial charge in [0.2, 0.25) is 0 Å². The molecule has 2 aromatic rings. The van der Waals surface area contributed by atoms with Gasteiger partial charge < -0.3 is 19.8 Å². The Bertz CT molecular complexity index is 736. The predicted molar refractivity (Wildman–Crippen MR) is 93.7 cm³/mol. The van der Waals surface area contributed by atoms with Crippen LogP contribution in [0.4, 0.5) is 5.69 Å². The second-order valence-electron chi connectivity index (χ2n) is 6.41. The molecule has 130 valence electrons. The van der Waals surface area contributed by atoms with Crippen LogP contribution in [0.5, 0.6) is 0 Å². The Morgan fingerprint density at radius 1 is 1.38 bits per heavy atom. The van der Waals surface area contributed by atoms with Crippen molar-refractivity contribution in [1.82, 2.24) is 10.3 Å². The second-order valence-corrected chi connectivity index (χ2v) is 6.41. The molecule has 1 aliphatic carbocycles. The number of rotatable bonds is 4. The molecule has 1 aliphatic heterocycles. The van der Waals surface area contributed by atoms with E-state index in [1.165, 1.54) is 0 Å². The van der Waals surface area contributed by atoms with Crippen molar-refractivity contribution in [2.24, 2.45) is 0 Å². The number of anilines is 1. The summed E-state index contributed by atoms with van der Waals surface area (Å²) in [5.41, 5.74) is 1.53. The summed E-state index contributed by atoms with van der Waals surface area (Å²) in [7, 11) is 1.60. The van der Waals surface area contributed by atoms with Crippen LogP contribution in [0, 0.1) is 0 Å². The summed E-state index contributed by atoms with van der Waals surface area (Å²) in [4.78, 5) is 17.2. The number of halogens is 1. The molecule has 24 heavy (non-hydrogen) atoms. The highest BCUT2D eigenvalue weighted by Gasteiger charge is 2.39. The third-order valence-electron chi connectivity index (χ3n) is 4.81. The number of carbonyl (C=O) groups is 1. The standard InChI is InChI=1S/C17H21N3O3.ClH/c1-22-17(6-8-18-9-7-17)16(21)19-12-4-5-13-14(10-12)23-15(20-13)11-2-3-11;/h4-5,10-11,18H,2-3,6-9H2,1H3,(H,19,21);1H. The Morgan fingerprint density at radius 2 is 2.12 bits per heavy atom. The Balaban J connectivity index is 0.00000169. The maximum absolute atomic E-state index is 12.7. The van der Waals surface area contributed by atoms with Crippen LogP contribution in [-0.4, -0.2) is 36.7 Å². The molecule has 0 bridgehead atoms. The van der Waals surface area contributed by atoms with Crippen LogP contribution >= 0.6 is 12.4 Å². The Labute approximate surface area is 146 Å². The molecule has 0 unspecified atom stereocenters. The van der Waals surface area contributed by atoms with Crippen LogP contribution in [0.2, 0.25) is 0 Å². The van der Waals surface area contributed by atoms with Crippen molar-refractivity contribution < 1.29 is 13.9 Å². The number of hydrogen-bond donors (Lipinski definition) is 2. The molecule has 1 amide bonds. The molecular formula is C17H22ClN3O3. The number of ether oxygens (including phenoxy) is 1. The van der Waals surface area contributed by atoms with Crippen molar-refractivity contribution in [3.63, 3.8) is 0 Å². The summed E-state index contributed by atoms with van der Waals surface area (Å²) in [5.74, 6) is 1.20. The van der Waals surface area contributed by atoms with Gasteiger partial charge in [-0.1, -0.05) is 0 Å². The van der Waals surface area contributed by atoms with Crippen LogP contribution in [0.3, 0.4) is 0 Å². The minimum Gasteiger partial charge on any atom is -0.440 e. The van der Waals surface area contributed by atoms with Crippen molar-refractivity contribution in [3.05, 3.63) is 24.1 Å². The molecule has 2 N–H and O–H groups in total. The zero-order valence-corrected chi connectivity index (χ0v) is 14.4. The Hall–Kier alpha value is -1.63. The van der Waals surface area contributed by atoms with Gasteiger partial charge in [0.15, 0.2) is 11.5 Å². The third-order valence-corrected chi connectivity index (χ3v) is 4.81. The van der Waals surface area contributed by atoms with Crippen molar-refractivity contribution in [1.29, 1.82) is 0 Å². The molecule has 0 radical (unpaired) electrons. The normalized spacial score (nSPS) is 19.7. The fourth-order valence-corrected chi connectivity index (χ4v) is 3.12. The minimum atomic E-state index is -0.749. The summed E-state index contributed by atoms with van der Waals surface area (Å²) in [6, 6.07) is 5.60. The average molecular weight is 352 g/mol. The summed E-state index contributed by atoms with van der Waals surface area (Å²) < 4.78 is 11.4. The van der Waals surface area contributed by atoms with Gasteiger partial charge in [-0.2, -0.15) is 0 Å². The van der Waals surface area contributed by atoms with Crippen molar-refractivity contribution >= 4 is 35.1 Å². The van der Waals surface area contributed by atoms with Gasteiger partial charge in [-0.15, -0.1) is 12.4 Å². The molecule has 0 atom stereocenters. The number of nitrogens with one attached hydrogen (secondary N) is 2. The number of methoxy groups -OCH3 is 1. The fraction of sp³-hybridized carbons (Fsp3) is 0.529. The van der Waals surface area contributed by atoms with Gasteiger partial charge >= 0.3 is 0 Å². The largest absolute Gasteiger partial charge is 0.440 e. The first-order valence-electron chi connectivity index (χ1n) is 8.18. The SMILES string of the molecule is COC1(C(=O)Nc2ccc3nc(C4CC4)oc3c2)CCNCC1.Cl. The van der Waals surface area contributed by atoms with Crippen LogP contribution < -0.4 is 10.6 Å². The van der Waals surface area contributed by atoms with Gasteiger partial charge in [-0.25, -0.2) is 4.98 Å². The third kappa shape index (κ3) is 3.14. The van der Waals surface area contributed by atoms with E-state index in [-0.39, 0.29) is 18.3 Å². The molecule has 6 nitrogen and oxygen atoms in total. The van der Waals surface area contributed by atoms with Gasteiger partial charge in [0, 0.05) is 24.8 Å². The molecule has 1 aromatic heterocycles. The van der Waals surface area contributed by atoms with Gasteiger partial charge in [0.25, 0.3) is 5.91 Å². The van der Waals surface area contributed by atoms with Crippen molar-refractivity contribution in [2.45, 2.75) is 37.2 Å². The molecule has 4 rings (SSSR count). The van der Waals surface area contributed by atoms with Gasteiger partial charge in [-0.3, -0.25) is 4.79 Å². The van der Waals surface area contributed by atoms with E-state index < -0.39 is 5.60 Å². The zero-order chi connectivity index (χ0) is 15.9. The van der Waals surface area contributed by atoms with Gasteiger partial charge in [0.05, 0.1) is 0 Å². The molecule has 1 saturated carbocycles. The molecule has 7 heteroatoms. The number of benzene rings is 1. The van der Waals surface area contributed by atoms with E-state index in [9.17, 15) is 4.79 Å². The van der Waals surface area contributed by atoms with E-state index >= 15 is 0 Å². The van der Waals surface area contributed by atoms with E-state index in [0.29, 0.717) is 18.8 Å². The number of carbonyl (C=O) groups excluding carboxylic acids is 1. The minimum absolute atomic E-state index is 0. The van der Waals surface area contributed by atoms with E-state index in [1.807, 2.05) is 18.2 Å². The smallest absolute Gasteiger partial charge is 0.256 e. The highest BCUT2D eigenvalue weighted by molar-refractivity contribution is 5.98. The summed E-state index contributed by atoms with van der Waals surface area (Å²) in [5, 5.41) is 6.22. The fourth-order valence-electron chi connectivity index (χ4n) is 3.12. The summed E-state index contributed by atoms with van der Waals surface area (Å²) in [6.07, 6.45) is 3.65. The van der Waals surface area contributed by atoms with E-state index in [0.717, 1.165) is 48.6 Å². The quantitative estimate of drug-likeness (QED) is 0.885. The van der Waals surface area contributed by atoms with Crippen LogP contribution in [0.25, 0.3) is 11.1 Å². The second kappa shape index (κ2) is 6.70. The lowest BCUT2D eigenvalue weighted by atomic mass is 9.91. The molecule has 1 aromatic carbocycles. The van der Waals surface area contributed by atoms with Gasteiger partial charge in [-0.05, 0) is 50.9 Å². The van der Waals surface area contributed by atoms with E-state index in [4.69, 9.17) is 9.15 Å². The topological polar surface area (TPSA) is 76.4 Å². The van der Waals surface area contributed by atoms with Crippen LogP contribution in [-0.2, 0) is 9.53 Å². The first-order chi connectivity index (χ1) is 11.2. The van der Waals surface area contributed by atoms with E-state index in [2.05, 4.69) is 15.6 Å². The van der Waals surface area contributed by atoms with Crippen LogP contribution in [0.15, 0.2) is 22.6 Å². The molecule has 1 saturated heterocycles. The number of hydrogen-bond acceptors (Lipinski definition) is 5. The summed E-state index contributed by atoms with van der Waals surface area (Å²) in [6.45, 7) is 1.57. The molecule has 2 heterocycles. The maximum atomic E-state index is 12.7. The lowest BCUT2D eigenvalue weighted by Crippen LogP contribution is -2.51. The number of piperidine rings is 1. The van der Waals surface area contributed by atoms with Crippen molar-refractivity contribution in [2.75, 3.05) is 25.5 Å². The van der Waals surface area contributed by atoms with Crippen molar-refractivity contribution in [3.8, 4) is 0 Å². The number of nitrogens with zero attached hydrogens (tertiary/aromatic N) is 1. The average Bonchev–Trinajstić information content (AvgIpc) is 3.35. The monoisotopic (exact) mass is 351 g/mol. The number of aromatic nitrogens is 1. The highest BCUT2D eigenvalue weighted by Crippen LogP contribution is 2.40. The zero-order valence-electron chi connectivity index (χ0n) is 13.6. The lowest BCUT2D eigenvalue weighted by molar-refractivity contribution is -0.140. The number of fused-ring (bicyclic) bond motifs is 1. The highest BCUT2D eigenvalue weighted by atomic mass is 35.5. The maximum Gasteiger partial charge on any atom is 0.256 e. The first-order valence-corrected chi connectivity index (χ1v) is 8.18. The summed E-state index contributed by atoms with van der Waals surface area (Å²) >= 11 is 0. The van der Waals surface area contributed by atoms with Crippen LogP contribution in [0.1, 0.15) is 37.5 Å². The Kier molecular flexibility index (Phi) is 4.80. The van der Waals surface area contributed by atoms with Gasteiger partial charge in [0.1, 0.15) is 11.1 Å². The molecule has 0 spiro atoms. The number of amides is 1.